The minimum atomic E-state index is -3.25. The van der Waals surface area contributed by atoms with E-state index < -0.39 is 10.0 Å². The van der Waals surface area contributed by atoms with Crippen molar-refractivity contribution >= 4 is 27.5 Å². The Bertz CT molecular complexity index is 489. The van der Waals surface area contributed by atoms with E-state index in [4.69, 9.17) is 10.8 Å². The minimum Gasteiger partial charge on any atom is -0.399 e. The fraction of sp³-hybridized carbons (Fsp3) is 0.538. The molecular weight excluding hydrogens is 296 g/mol. The van der Waals surface area contributed by atoms with Crippen LogP contribution < -0.4 is 10.5 Å². The number of aliphatic hydroxyl groups excluding tert-OH is 1. The van der Waals surface area contributed by atoms with E-state index in [1.54, 1.807) is 12.1 Å². The molecule has 114 valence electrons. The highest BCUT2D eigenvalue weighted by molar-refractivity contribution is 8.00. The van der Waals surface area contributed by atoms with Crippen LogP contribution in [-0.2, 0) is 10.0 Å². The average molecular weight is 318 g/mol. The number of anilines is 1. The Kier molecular flexibility index (Phi) is 7.36. The smallest absolute Gasteiger partial charge is 0.212 e. The summed E-state index contributed by atoms with van der Waals surface area (Å²) in [5.41, 5.74) is 6.28. The van der Waals surface area contributed by atoms with Crippen LogP contribution in [0.25, 0.3) is 0 Å². The molecule has 1 atom stereocenters. The zero-order valence-corrected chi connectivity index (χ0v) is 13.2. The highest BCUT2D eigenvalue weighted by atomic mass is 32.2. The molecule has 20 heavy (non-hydrogen) atoms. The SMILES string of the molecule is CC(CCO)CNS(=O)(=O)CCSc1ccc(N)cc1. The molecule has 1 aromatic rings. The summed E-state index contributed by atoms with van der Waals surface area (Å²) in [5, 5.41) is 8.76. The number of hydrogen-bond acceptors (Lipinski definition) is 5. The number of sulfonamides is 1. The van der Waals surface area contributed by atoms with Gasteiger partial charge < -0.3 is 10.8 Å². The van der Waals surface area contributed by atoms with Gasteiger partial charge in [0.2, 0.25) is 10.0 Å². The molecule has 0 heterocycles. The van der Waals surface area contributed by atoms with Crippen molar-refractivity contribution < 1.29 is 13.5 Å². The zero-order valence-electron chi connectivity index (χ0n) is 11.6. The van der Waals surface area contributed by atoms with Gasteiger partial charge in [-0.05, 0) is 36.6 Å². The number of thioether (sulfide) groups is 1. The molecule has 1 unspecified atom stereocenters. The molecule has 0 amide bonds. The van der Waals surface area contributed by atoms with E-state index in [1.807, 2.05) is 19.1 Å². The third-order valence-corrected chi connectivity index (χ3v) is 5.39. The molecule has 0 radical (unpaired) electrons. The van der Waals surface area contributed by atoms with Crippen molar-refractivity contribution in [2.45, 2.75) is 18.2 Å². The van der Waals surface area contributed by atoms with Gasteiger partial charge in [0.15, 0.2) is 0 Å². The van der Waals surface area contributed by atoms with Gasteiger partial charge in [-0.25, -0.2) is 13.1 Å². The summed E-state index contributed by atoms with van der Waals surface area (Å²) in [6, 6.07) is 7.35. The lowest BCUT2D eigenvalue weighted by atomic mass is 10.1. The van der Waals surface area contributed by atoms with Gasteiger partial charge in [0.1, 0.15) is 0 Å². The molecule has 4 N–H and O–H groups in total. The first-order valence-electron chi connectivity index (χ1n) is 6.49. The molecule has 0 saturated carbocycles. The molecule has 0 bridgehead atoms. The highest BCUT2D eigenvalue weighted by Crippen LogP contribution is 2.19. The quantitative estimate of drug-likeness (QED) is 0.471. The fourth-order valence-electron chi connectivity index (χ4n) is 1.50. The van der Waals surface area contributed by atoms with Gasteiger partial charge in [0.25, 0.3) is 0 Å². The van der Waals surface area contributed by atoms with Crippen molar-refractivity contribution in [1.29, 1.82) is 0 Å². The molecule has 0 aliphatic rings. The molecule has 0 aliphatic heterocycles. The molecule has 0 spiro atoms. The second-order valence-corrected chi connectivity index (χ2v) is 7.80. The molecule has 0 aromatic heterocycles. The number of rotatable bonds is 9. The van der Waals surface area contributed by atoms with Crippen molar-refractivity contribution in [1.82, 2.24) is 4.72 Å². The minimum absolute atomic E-state index is 0.0773. The van der Waals surface area contributed by atoms with Gasteiger partial charge in [-0.15, -0.1) is 11.8 Å². The summed E-state index contributed by atoms with van der Waals surface area (Å²) in [4.78, 5) is 1.00. The maximum atomic E-state index is 11.8. The van der Waals surface area contributed by atoms with Crippen LogP contribution in [0.4, 0.5) is 5.69 Å². The van der Waals surface area contributed by atoms with Gasteiger partial charge in [-0.1, -0.05) is 6.92 Å². The van der Waals surface area contributed by atoms with Gasteiger partial charge in [-0.3, -0.25) is 0 Å². The molecule has 0 saturated heterocycles. The van der Waals surface area contributed by atoms with Crippen LogP contribution in [0.3, 0.4) is 0 Å². The number of nitrogens with two attached hydrogens (primary N) is 1. The Balaban J connectivity index is 2.30. The fourth-order valence-corrected chi connectivity index (χ4v) is 3.96. The van der Waals surface area contributed by atoms with Crippen molar-refractivity contribution in [3.05, 3.63) is 24.3 Å². The predicted molar refractivity (Wildman–Crippen MR) is 84.2 cm³/mol. The number of nitrogen functional groups attached to an aromatic ring is 1. The van der Waals surface area contributed by atoms with Crippen LogP contribution in [0.1, 0.15) is 13.3 Å². The van der Waals surface area contributed by atoms with Crippen LogP contribution in [-0.4, -0.2) is 38.2 Å². The van der Waals surface area contributed by atoms with Crippen molar-refractivity contribution in [2.75, 3.05) is 30.4 Å². The van der Waals surface area contributed by atoms with Crippen LogP contribution in [0.5, 0.6) is 0 Å². The summed E-state index contributed by atoms with van der Waals surface area (Å²) >= 11 is 1.49. The molecule has 1 rings (SSSR count). The topological polar surface area (TPSA) is 92.4 Å². The highest BCUT2D eigenvalue weighted by Gasteiger charge is 2.12. The van der Waals surface area contributed by atoms with E-state index >= 15 is 0 Å². The molecular formula is C13H22N2O3S2. The Morgan fingerprint density at radius 3 is 2.60 bits per heavy atom. The van der Waals surface area contributed by atoms with E-state index in [0.717, 1.165) is 4.90 Å². The molecule has 0 fully saturated rings. The summed E-state index contributed by atoms with van der Waals surface area (Å²) in [6.45, 7) is 2.35. The second-order valence-electron chi connectivity index (χ2n) is 4.70. The largest absolute Gasteiger partial charge is 0.399 e. The maximum Gasteiger partial charge on any atom is 0.212 e. The van der Waals surface area contributed by atoms with Gasteiger partial charge in [0.05, 0.1) is 5.75 Å². The number of nitrogens with one attached hydrogen (secondary N) is 1. The Morgan fingerprint density at radius 2 is 2.00 bits per heavy atom. The first kappa shape index (κ1) is 17.3. The number of hydrogen-bond donors (Lipinski definition) is 3. The predicted octanol–water partition coefficient (Wildman–Crippen LogP) is 1.30. The lowest BCUT2D eigenvalue weighted by Gasteiger charge is -2.11. The number of benzene rings is 1. The maximum absolute atomic E-state index is 11.8. The summed E-state index contributed by atoms with van der Waals surface area (Å²) in [6.07, 6.45) is 0.600. The van der Waals surface area contributed by atoms with Crippen molar-refractivity contribution in [3.8, 4) is 0 Å². The second kappa shape index (κ2) is 8.51. The van der Waals surface area contributed by atoms with Gasteiger partial charge in [0, 0.05) is 29.5 Å². The van der Waals surface area contributed by atoms with E-state index in [-0.39, 0.29) is 18.3 Å². The summed E-state index contributed by atoms with van der Waals surface area (Å²) in [5.74, 6) is 0.709. The average Bonchev–Trinajstić information content (AvgIpc) is 2.39. The van der Waals surface area contributed by atoms with Crippen LogP contribution in [0.2, 0.25) is 0 Å². The Labute approximate surface area is 125 Å². The third-order valence-electron chi connectivity index (χ3n) is 2.77. The first-order chi connectivity index (χ1) is 9.43. The lowest BCUT2D eigenvalue weighted by Crippen LogP contribution is -2.31. The first-order valence-corrected chi connectivity index (χ1v) is 9.13. The standard InChI is InChI=1S/C13H22N2O3S2/c1-11(6-7-16)10-15-20(17,18)9-8-19-13-4-2-12(14)3-5-13/h2-5,11,15-16H,6-10,14H2,1H3. The molecule has 1 aromatic carbocycles. The van der Waals surface area contributed by atoms with Gasteiger partial charge in [-0.2, -0.15) is 0 Å². The summed E-state index contributed by atoms with van der Waals surface area (Å²) in [7, 11) is -3.25. The third kappa shape index (κ3) is 7.14. The van der Waals surface area contributed by atoms with Crippen LogP contribution in [0.15, 0.2) is 29.2 Å². The molecule has 7 heteroatoms. The number of aliphatic hydroxyl groups is 1. The lowest BCUT2D eigenvalue weighted by molar-refractivity contribution is 0.263. The monoisotopic (exact) mass is 318 g/mol. The van der Waals surface area contributed by atoms with Crippen LogP contribution >= 0.6 is 11.8 Å². The summed E-state index contributed by atoms with van der Waals surface area (Å²) < 4.78 is 26.1. The normalized spacial score (nSPS) is 13.3. The van der Waals surface area contributed by atoms with E-state index in [0.29, 0.717) is 24.4 Å². The van der Waals surface area contributed by atoms with E-state index in [1.165, 1.54) is 11.8 Å². The van der Waals surface area contributed by atoms with E-state index in [9.17, 15) is 8.42 Å². The molecule has 0 aliphatic carbocycles. The van der Waals surface area contributed by atoms with E-state index in [2.05, 4.69) is 4.72 Å². The van der Waals surface area contributed by atoms with Crippen molar-refractivity contribution in [2.24, 2.45) is 5.92 Å². The van der Waals surface area contributed by atoms with Crippen molar-refractivity contribution in [3.63, 3.8) is 0 Å². The Hall–Kier alpha value is -0.760. The zero-order chi connectivity index (χ0) is 15.0. The Morgan fingerprint density at radius 1 is 1.35 bits per heavy atom. The van der Waals surface area contributed by atoms with Gasteiger partial charge >= 0.3 is 0 Å². The molecule has 5 nitrogen and oxygen atoms in total. The van der Waals surface area contributed by atoms with Crippen LogP contribution in [0, 0.1) is 5.92 Å².